The van der Waals surface area contributed by atoms with Crippen LogP contribution in [0.5, 0.6) is 0 Å². The van der Waals surface area contributed by atoms with E-state index >= 15 is 0 Å². The molecule has 10 atom stereocenters. The van der Waals surface area contributed by atoms with Gasteiger partial charge in [-0.15, -0.1) is 23.5 Å². The second kappa shape index (κ2) is 29.7. The zero-order chi connectivity index (χ0) is 52.9. The Morgan fingerprint density at radius 1 is 0.471 bits per heavy atom. The molecule has 0 spiro atoms. The van der Waals surface area contributed by atoms with Crippen LogP contribution in [0.3, 0.4) is 0 Å². The molecule has 2 heterocycles. The maximum atomic E-state index is 13.2. The number of nitrogens with zero attached hydrogens (tertiary/aromatic N) is 1. The van der Waals surface area contributed by atoms with Crippen molar-refractivity contribution in [2.75, 3.05) is 50.9 Å². The lowest BCUT2D eigenvalue weighted by Crippen LogP contribution is -2.61. The van der Waals surface area contributed by atoms with E-state index in [1.165, 1.54) is 4.90 Å². The second-order valence-corrected chi connectivity index (χ2v) is 18.8. The lowest BCUT2D eigenvalue weighted by Gasteiger charge is -2.44. The average Bonchev–Trinajstić information content (AvgIpc) is 3.21. The molecule has 0 unspecified atom stereocenters. The number of amides is 3. The van der Waals surface area contributed by atoms with Crippen molar-refractivity contribution in [3.63, 3.8) is 0 Å². The third-order valence-corrected chi connectivity index (χ3v) is 11.4. The molecule has 70 heavy (non-hydrogen) atoms. The van der Waals surface area contributed by atoms with Gasteiger partial charge in [-0.05, 0) is 33.6 Å². The Bertz CT molecular complexity index is 1750. The molecule has 2 aliphatic heterocycles. The summed E-state index contributed by atoms with van der Waals surface area (Å²) in [6.07, 6.45) is -10.7. The van der Waals surface area contributed by atoms with Gasteiger partial charge < -0.3 is 67.6 Å². The molecule has 0 aromatic rings. The molecule has 2 N–H and O–H groups in total. The van der Waals surface area contributed by atoms with Gasteiger partial charge in [0.1, 0.15) is 41.9 Å². The standard InChI is InChI=1S/C43H65N3O22S2/c1-22(47)58-18-30-34(60-24(3)49)36(62-26(5)51)38(64-28(7)53)40(66-30)69-20-32(55)44-14-12-16-46(42(57)68-43(9,10)11)17-13-15-45-33(56)21-70-41-39(65-29(8)54)37(63-27(6)52)35(61-25(4)50)31(67-41)19-59-23(2)48/h30-31,34-41H,12-21H2,1-11H3,(H,44,55)(H,45,56)/t30-,31-,34-,35-,36+,37+,38+,39+,40-,41-/m1/s1. The van der Waals surface area contributed by atoms with E-state index in [4.69, 9.17) is 52.1 Å². The minimum absolute atomic E-state index is 0.0878. The van der Waals surface area contributed by atoms with Crippen LogP contribution in [0, 0.1) is 0 Å². The molecule has 0 radical (unpaired) electrons. The third-order valence-electron chi connectivity index (χ3n) is 9.16. The van der Waals surface area contributed by atoms with Crippen molar-refractivity contribution >= 4 is 89.2 Å². The predicted octanol–water partition coefficient (Wildman–Crippen LogP) is 0.869. The molecular formula is C43H65N3O22S2. The molecule has 396 valence electrons. The number of rotatable bonds is 24. The maximum absolute atomic E-state index is 13.2. The van der Waals surface area contributed by atoms with Gasteiger partial charge in [-0.1, -0.05) is 0 Å². The first kappa shape index (κ1) is 60.7. The van der Waals surface area contributed by atoms with Crippen molar-refractivity contribution in [1.82, 2.24) is 15.5 Å². The number of carbonyl (C=O) groups excluding carboxylic acids is 11. The van der Waals surface area contributed by atoms with Gasteiger partial charge in [0.05, 0.1) is 11.5 Å². The van der Waals surface area contributed by atoms with E-state index in [0.29, 0.717) is 0 Å². The first-order valence-electron chi connectivity index (χ1n) is 22.0. The van der Waals surface area contributed by atoms with Gasteiger partial charge in [0.2, 0.25) is 11.8 Å². The first-order chi connectivity index (χ1) is 32.7. The Morgan fingerprint density at radius 3 is 1.09 bits per heavy atom. The molecule has 0 aliphatic carbocycles. The van der Waals surface area contributed by atoms with Crippen LogP contribution >= 0.6 is 23.5 Å². The second-order valence-electron chi connectivity index (χ2n) is 16.6. The number of thioether (sulfide) groups is 2. The topological polar surface area (TPSA) is 317 Å². The molecule has 2 saturated heterocycles. The van der Waals surface area contributed by atoms with Crippen molar-refractivity contribution in [3.05, 3.63) is 0 Å². The number of hydrogen-bond acceptors (Lipinski definition) is 24. The molecule has 0 aromatic heterocycles. The molecule has 3 amide bonds. The highest BCUT2D eigenvalue weighted by atomic mass is 32.2. The fraction of sp³-hybridized carbons (Fsp3) is 0.744. The predicted molar refractivity (Wildman–Crippen MR) is 242 cm³/mol. The van der Waals surface area contributed by atoms with Crippen molar-refractivity contribution in [3.8, 4) is 0 Å². The monoisotopic (exact) mass is 1040 g/mol. The minimum Gasteiger partial charge on any atom is -0.463 e. The lowest BCUT2D eigenvalue weighted by atomic mass is 9.99. The van der Waals surface area contributed by atoms with E-state index in [2.05, 4.69) is 10.6 Å². The summed E-state index contributed by atoms with van der Waals surface area (Å²) in [6.45, 7) is 13.5. The van der Waals surface area contributed by atoms with E-state index in [-0.39, 0.29) is 50.5 Å². The fourth-order valence-electron chi connectivity index (χ4n) is 6.68. The summed E-state index contributed by atoms with van der Waals surface area (Å²) < 4.78 is 60.3. The summed E-state index contributed by atoms with van der Waals surface area (Å²) in [4.78, 5) is 137. The summed E-state index contributed by atoms with van der Waals surface area (Å²) in [5.74, 6) is -7.66. The highest BCUT2D eigenvalue weighted by Gasteiger charge is 2.54. The van der Waals surface area contributed by atoms with Crippen LogP contribution in [0.4, 0.5) is 4.79 Å². The highest BCUT2D eigenvalue weighted by Crippen LogP contribution is 2.36. The molecule has 2 fully saturated rings. The van der Waals surface area contributed by atoms with Crippen LogP contribution in [0.25, 0.3) is 0 Å². The first-order valence-corrected chi connectivity index (χ1v) is 24.1. The Hall–Kier alpha value is -5.41. The smallest absolute Gasteiger partial charge is 0.410 e. The summed E-state index contributed by atoms with van der Waals surface area (Å²) in [6, 6.07) is 0. The van der Waals surface area contributed by atoms with Crippen molar-refractivity contribution in [2.24, 2.45) is 0 Å². The van der Waals surface area contributed by atoms with Gasteiger partial charge in [-0.25, -0.2) is 4.79 Å². The molecular weight excluding hydrogens is 975 g/mol. The van der Waals surface area contributed by atoms with Gasteiger partial charge in [0.25, 0.3) is 0 Å². The summed E-state index contributed by atoms with van der Waals surface area (Å²) in [5.41, 5.74) is -3.19. The van der Waals surface area contributed by atoms with Gasteiger partial charge in [0, 0.05) is 81.6 Å². The van der Waals surface area contributed by atoms with Crippen LogP contribution in [0.15, 0.2) is 0 Å². The van der Waals surface area contributed by atoms with E-state index in [1.54, 1.807) is 20.8 Å². The minimum atomic E-state index is -1.40. The maximum Gasteiger partial charge on any atom is 0.410 e. The number of nitrogens with one attached hydrogen (secondary N) is 2. The van der Waals surface area contributed by atoms with E-state index in [9.17, 15) is 52.7 Å². The van der Waals surface area contributed by atoms with Gasteiger partial charge in [-0.2, -0.15) is 0 Å². The quantitative estimate of drug-likeness (QED) is 0.0769. The van der Waals surface area contributed by atoms with Crippen molar-refractivity contribution < 1.29 is 105 Å². The molecule has 0 bridgehead atoms. The van der Waals surface area contributed by atoms with Gasteiger partial charge >= 0.3 is 53.8 Å². The normalized spacial score (nSPS) is 24.0. The van der Waals surface area contributed by atoms with E-state index in [0.717, 1.165) is 78.9 Å². The average molecular weight is 1040 g/mol. The van der Waals surface area contributed by atoms with Crippen LogP contribution in [0.1, 0.15) is 89.0 Å². The Morgan fingerprint density at radius 2 is 0.786 bits per heavy atom. The SMILES string of the molecule is CC(=O)OC[C@H]1O[C@H](SCC(=O)NCCCN(CCCNC(=O)CS[C@H]2O[C@H](COC(C)=O)[C@@H](OC(C)=O)[C@H](OC(C)=O)[C@@H]2OC(C)=O)C(=O)OC(C)(C)C)[C@@H](OC(C)=O)[C@@H](OC(C)=O)[C@@H]1OC(C)=O. The van der Waals surface area contributed by atoms with Crippen LogP contribution in [-0.4, -0.2) is 187 Å². The lowest BCUT2D eigenvalue weighted by molar-refractivity contribution is -0.237. The van der Waals surface area contributed by atoms with Gasteiger partial charge in [0.15, 0.2) is 36.6 Å². The highest BCUT2D eigenvalue weighted by molar-refractivity contribution is 8.00. The van der Waals surface area contributed by atoms with Crippen molar-refractivity contribution in [2.45, 2.75) is 154 Å². The molecule has 0 saturated carbocycles. The van der Waals surface area contributed by atoms with E-state index in [1.807, 2.05) is 0 Å². The Labute approximate surface area is 413 Å². The zero-order valence-electron chi connectivity index (χ0n) is 41.1. The Kier molecular flexibility index (Phi) is 25.8. The van der Waals surface area contributed by atoms with Gasteiger partial charge in [-0.3, -0.25) is 47.9 Å². The Balaban J connectivity index is 2.07. The molecule has 2 rings (SSSR count). The van der Waals surface area contributed by atoms with E-state index < -0.39 is 144 Å². The summed E-state index contributed by atoms with van der Waals surface area (Å²) in [7, 11) is 0. The number of carbonyl (C=O) groups is 11. The molecule has 27 heteroatoms. The van der Waals surface area contributed by atoms with Crippen LogP contribution in [-0.2, 0) is 100 Å². The number of hydrogen-bond donors (Lipinski definition) is 2. The number of ether oxygens (including phenoxy) is 11. The zero-order valence-corrected chi connectivity index (χ0v) is 42.7. The summed E-state index contributed by atoms with van der Waals surface area (Å²) >= 11 is 1.75. The van der Waals surface area contributed by atoms with Crippen molar-refractivity contribution in [1.29, 1.82) is 0 Å². The fourth-order valence-corrected chi connectivity index (χ4v) is 8.76. The third kappa shape index (κ3) is 23.0. The molecule has 0 aromatic carbocycles. The molecule has 2 aliphatic rings. The van der Waals surface area contributed by atoms with Crippen LogP contribution < -0.4 is 10.6 Å². The molecule has 25 nitrogen and oxygen atoms in total. The largest absolute Gasteiger partial charge is 0.463 e. The summed E-state index contributed by atoms with van der Waals surface area (Å²) in [5, 5.41) is 5.46. The van der Waals surface area contributed by atoms with Crippen LogP contribution in [0.2, 0.25) is 0 Å². The number of esters is 8.